The molecule has 0 spiro atoms. The third kappa shape index (κ3) is 5.18. The first kappa shape index (κ1) is 16.0. The van der Waals surface area contributed by atoms with E-state index in [1.807, 2.05) is 30.3 Å². The highest BCUT2D eigenvalue weighted by atomic mass is 32.1. The van der Waals surface area contributed by atoms with Crippen LogP contribution in [0.5, 0.6) is 5.75 Å². The Hall–Kier alpha value is -2.40. The van der Waals surface area contributed by atoms with Gasteiger partial charge in [-0.3, -0.25) is 5.43 Å². The fraction of sp³-hybridized carbons (Fsp3) is 0.176. The second kappa shape index (κ2) is 8.14. The SMILES string of the molecule is CNC(=S)N/N=C/c1ccc(OCc2cccc(C)c2)cc1. The van der Waals surface area contributed by atoms with Gasteiger partial charge in [0.25, 0.3) is 0 Å². The zero-order valence-corrected chi connectivity index (χ0v) is 13.5. The van der Waals surface area contributed by atoms with Gasteiger partial charge in [0.05, 0.1) is 6.21 Å². The molecule has 0 saturated heterocycles. The minimum Gasteiger partial charge on any atom is -0.489 e. The van der Waals surface area contributed by atoms with Crippen molar-refractivity contribution in [1.29, 1.82) is 0 Å². The Morgan fingerprint density at radius 3 is 2.68 bits per heavy atom. The van der Waals surface area contributed by atoms with Gasteiger partial charge >= 0.3 is 0 Å². The van der Waals surface area contributed by atoms with Crippen molar-refractivity contribution in [3.05, 3.63) is 65.2 Å². The van der Waals surface area contributed by atoms with Gasteiger partial charge in [-0.05, 0) is 54.5 Å². The summed E-state index contributed by atoms with van der Waals surface area (Å²) in [6, 6.07) is 16.0. The fourth-order valence-corrected chi connectivity index (χ4v) is 1.89. The molecule has 5 heteroatoms. The van der Waals surface area contributed by atoms with Crippen LogP contribution in [-0.4, -0.2) is 18.4 Å². The van der Waals surface area contributed by atoms with Gasteiger partial charge in [0.15, 0.2) is 5.11 Å². The van der Waals surface area contributed by atoms with E-state index in [2.05, 4.69) is 41.0 Å². The molecule has 2 N–H and O–H groups in total. The first-order valence-electron chi connectivity index (χ1n) is 6.96. The first-order valence-corrected chi connectivity index (χ1v) is 7.37. The van der Waals surface area contributed by atoms with Crippen LogP contribution in [0.15, 0.2) is 53.6 Å². The van der Waals surface area contributed by atoms with Crippen LogP contribution in [0.2, 0.25) is 0 Å². The normalized spacial score (nSPS) is 10.5. The third-order valence-electron chi connectivity index (χ3n) is 2.97. The Labute approximate surface area is 136 Å². The summed E-state index contributed by atoms with van der Waals surface area (Å²) in [5.74, 6) is 0.831. The smallest absolute Gasteiger partial charge is 0.186 e. The summed E-state index contributed by atoms with van der Waals surface area (Å²) in [4.78, 5) is 0. The molecule has 0 amide bonds. The molecule has 0 heterocycles. The number of aryl methyl sites for hydroxylation is 1. The quantitative estimate of drug-likeness (QED) is 0.506. The van der Waals surface area contributed by atoms with Gasteiger partial charge in [0.1, 0.15) is 12.4 Å². The fourth-order valence-electron chi connectivity index (χ4n) is 1.84. The van der Waals surface area contributed by atoms with Gasteiger partial charge in [-0.1, -0.05) is 29.8 Å². The van der Waals surface area contributed by atoms with Crippen molar-refractivity contribution in [2.75, 3.05) is 7.05 Å². The number of thiocarbonyl (C=S) groups is 1. The Kier molecular flexibility index (Phi) is 5.91. The van der Waals surface area contributed by atoms with E-state index in [0.717, 1.165) is 16.9 Å². The molecular weight excluding hydrogens is 294 g/mol. The lowest BCUT2D eigenvalue weighted by molar-refractivity contribution is 0.306. The van der Waals surface area contributed by atoms with Gasteiger partial charge in [-0.2, -0.15) is 5.10 Å². The van der Waals surface area contributed by atoms with E-state index in [-0.39, 0.29) is 0 Å². The highest BCUT2D eigenvalue weighted by Crippen LogP contribution is 2.14. The molecule has 2 aromatic rings. The summed E-state index contributed by atoms with van der Waals surface area (Å²) in [6.07, 6.45) is 1.70. The molecule has 0 aromatic heterocycles. The van der Waals surface area contributed by atoms with E-state index in [1.54, 1.807) is 13.3 Å². The second-order valence-corrected chi connectivity index (χ2v) is 5.20. The molecule has 114 valence electrons. The number of nitrogens with one attached hydrogen (secondary N) is 2. The molecule has 2 rings (SSSR count). The van der Waals surface area contributed by atoms with Gasteiger partial charge in [-0.15, -0.1) is 0 Å². The van der Waals surface area contributed by atoms with E-state index in [4.69, 9.17) is 17.0 Å². The van der Waals surface area contributed by atoms with E-state index >= 15 is 0 Å². The Morgan fingerprint density at radius 2 is 2.00 bits per heavy atom. The second-order valence-electron chi connectivity index (χ2n) is 4.80. The van der Waals surface area contributed by atoms with Gasteiger partial charge < -0.3 is 10.1 Å². The highest BCUT2D eigenvalue weighted by molar-refractivity contribution is 7.80. The summed E-state index contributed by atoms with van der Waals surface area (Å²) in [6.45, 7) is 2.64. The highest BCUT2D eigenvalue weighted by Gasteiger charge is 1.97. The molecule has 0 saturated carbocycles. The van der Waals surface area contributed by atoms with Crippen LogP contribution in [0.1, 0.15) is 16.7 Å². The van der Waals surface area contributed by atoms with Crippen molar-refractivity contribution >= 4 is 23.5 Å². The lowest BCUT2D eigenvalue weighted by atomic mass is 10.1. The molecule has 4 nitrogen and oxygen atoms in total. The molecule has 0 fully saturated rings. The lowest BCUT2D eigenvalue weighted by Crippen LogP contribution is -2.28. The van der Waals surface area contributed by atoms with Crippen molar-refractivity contribution in [2.45, 2.75) is 13.5 Å². The standard InChI is InChI=1S/C17H19N3OS/c1-13-4-3-5-15(10-13)12-21-16-8-6-14(7-9-16)11-19-20-17(22)18-2/h3-11H,12H2,1-2H3,(H2,18,20,22)/b19-11+. The minimum atomic E-state index is 0.481. The van der Waals surface area contributed by atoms with Crippen molar-refractivity contribution in [3.63, 3.8) is 0 Å². The van der Waals surface area contributed by atoms with E-state index in [0.29, 0.717) is 11.7 Å². The number of nitrogens with zero attached hydrogens (tertiary/aromatic N) is 1. The summed E-state index contributed by atoms with van der Waals surface area (Å²) in [5, 5.41) is 7.29. The number of benzene rings is 2. The lowest BCUT2D eigenvalue weighted by Gasteiger charge is -2.07. The Bertz CT molecular complexity index is 653. The topological polar surface area (TPSA) is 45.7 Å². The van der Waals surface area contributed by atoms with Crippen molar-refractivity contribution in [1.82, 2.24) is 10.7 Å². The van der Waals surface area contributed by atoms with Crippen LogP contribution in [0.4, 0.5) is 0 Å². The summed E-state index contributed by atoms with van der Waals surface area (Å²) in [7, 11) is 1.74. The zero-order valence-electron chi connectivity index (χ0n) is 12.7. The number of ether oxygens (including phenoxy) is 1. The number of hydrogen-bond acceptors (Lipinski definition) is 3. The molecule has 0 atom stereocenters. The summed E-state index contributed by atoms with van der Waals surface area (Å²) < 4.78 is 5.77. The molecule has 22 heavy (non-hydrogen) atoms. The number of hydrogen-bond donors (Lipinski definition) is 2. The average Bonchev–Trinajstić information content (AvgIpc) is 2.54. The molecule has 0 aliphatic heterocycles. The Morgan fingerprint density at radius 1 is 1.23 bits per heavy atom. The molecule has 0 radical (unpaired) electrons. The van der Waals surface area contributed by atoms with Crippen LogP contribution < -0.4 is 15.5 Å². The van der Waals surface area contributed by atoms with Crippen LogP contribution in [0, 0.1) is 6.92 Å². The maximum atomic E-state index is 5.77. The maximum Gasteiger partial charge on any atom is 0.186 e. The predicted octanol–water partition coefficient (Wildman–Crippen LogP) is 3.00. The number of rotatable bonds is 5. The molecule has 2 aromatic carbocycles. The predicted molar refractivity (Wildman–Crippen MR) is 94.3 cm³/mol. The van der Waals surface area contributed by atoms with Crippen LogP contribution in [0.3, 0.4) is 0 Å². The Balaban J connectivity index is 1.87. The van der Waals surface area contributed by atoms with Crippen molar-refractivity contribution < 1.29 is 4.74 Å². The van der Waals surface area contributed by atoms with Gasteiger partial charge in [0.2, 0.25) is 0 Å². The summed E-state index contributed by atoms with van der Waals surface area (Å²) >= 11 is 4.93. The van der Waals surface area contributed by atoms with E-state index in [1.165, 1.54) is 5.56 Å². The van der Waals surface area contributed by atoms with Crippen LogP contribution in [-0.2, 0) is 6.61 Å². The largest absolute Gasteiger partial charge is 0.489 e. The molecular formula is C17H19N3OS. The zero-order chi connectivity index (χ0) is 15.8. The van der Waals surface area contributed by atoms with Crippen LogP contribution >= 0.6 is 12.2 Å². The molecule has 0 aliphatic carbocycles. The van der Waals surface area contributed by atoms with Gasteiger partial charge in [-0.25, -0.2) is 0 Å². The maximum absolute atomic E-state index is 5.77. The van der Waals surface area contributed by atoms with E-state index < -0.39 is 0 Å². The van der Waals surface area contributed by atoms with Crippen molar-refractivity contribution in [2.24, 2.45) is 5.10 Å². The van der Waals surface area contributed by atoms with Crippen molar-refractivity contribution in [3.8, 4) is 5.75 Å². The van der Waals surface area contributed by atoms with E-state index in [9.17, 15) is 0 Å². The minimum absolute atomic E-state index is 0.481. The molecule has 0 bridgehead atoms. The molecule has 0 unspecified atom stereocenters. The average molecular weight is 313 g/mol. The number of hydrazone groups is 1. The van der Waals surface area contributed by atoms with Gasteiger partial charge in [0, 0.05) is 7.05 Å². The summed E-state index contributed by atoms with van der Waals surface area (Å²) in [5.41, 5.74) is 6.07. The third-order valence-corrected chi connectivity index (χ3v) is 3.27. The molecule has 0 aliphatic rings. The first-order chi connectivity index (χ1) is 10.7. The monoisotopic (exact) mass is 313 g/mol. The van der Waals surface area contributed by atoms with Crippen LogP contribution in [0.25, 0.3) is 0 Å².